The lowest BCUT2D eigenvalue weighted by Gasteiger charge is -2.06. The first kappa shape index (κ1) is 11.3. The van der Waals surface area contributed by atoms with Crippen LogP contribution in [0.4, 0.5) is 4.39 Å². The summed E-state index contributed by atoms with van der Waals surface area (Å²) in [6.45, 7) is 3.84. The van der Waals surface area contributed by atoms with Crippen molar-refractivity contribution in [2.24, 2.45) is 0 Å². The fourth-order valence-electron chi connectivity index (χ4n) is 1.62. The topological polar surface area (TPSA) is 52.2 Å². The van der Waals surface area contributed by atoms with Gasteiger partial charge in [0.05, 0.1) is 10.9 Å². The van der Waals surface area contributed by atoms with Gasteiger partial charge < -0.3 is 4.42 Å². The highest BCUT2D eigenvalue weighted by atomic mass is 19.1. The van der Waals surface area contributed by atoms with Gasteiger partial charge in [0.15, 0.2) is 0 Å². The summed E-state index contributed by atoms with van der Waals surface area (Å²) in [5.41, 5.74) is -0.507. The summed E-state index contributed by atoms with van der Waals surface area (Å²) >= 11 is 0. The molecule has 0 radical (unpaired) electrons. The van der Waals surface area contributed by atoms with E-state index in [-0.39, 0.29) is 10.9 Å². The molecule has 1 aromatic carbocycles. The molecule has 2 aromatic rings. The zero-order valence-corrected chi connectivity index (χ0v) is 8.98. The second kappa shape index (κ2) is 4.37. The summed E-state index contributed by atoms with van der Waals surface area (Å²) in [6, 6.07) is 3.61. The third-order valence-electron chi connectivity index (χ3n) is 2.43. The quantitative estimate of drug-likeness (QED) is 0.760. The third-order valence-corrected chi connectivity index (χ3v) is 2.43. The predicted octanol–water partition coefficient (Wildman–Crippen LogP) is 1.67. The molecule has 1 heterocycles. The summed E-state index contributed by atoms with van der Waals surface area (Å²) in [4.78, 5) is 22.9. The van der Waals surface area contributed by atoms with Crippen molar-refractivity contribution in [2.45, 2.75) is 13.0 Å². The zero-order chi connectivity index (χ0) is 12.4. The number of halogens is 1. The van der Waals surface area contributed by atoms with Gasteiger partial charge in [0.1, 0.15) is 5.82 Å². The number of aryl methyl sites for hydroxylation is 1. The molecule has 88 valence electrons. The highest BCUT2D eigenvalue weighted by molar-refractivity contribution is 5.77. The van der Waals surface area contributed by atoms with Crippen LogP contribution in [0.5, 0.6) is 0 Å². The van der Waals surface area contributed by atoms with Gasteiger partial charge in [0, 0.05) is 6.54 Å². The normalized spacial score (nSPS) is 10.6. The van der Waals surface area contributed by atoms with Crippen molar-refractivity contribution in [1.29, 1.82) is 0 Å². The highest BCUT2D eigenvalue weighted by Gasteiger charge is 2.09. The summed E-state index contributed by atoms with van der Waals surface area (Å²) in [7, 11) is 0. The minimum atomic E-state index is -0.782. The van der Waals surface area contributed by atoms with Crippen molar-refractivity contribution >= 4 is 10.9 Å². The van der Waals surface area contributed by atoms with E-state index >= 15 is 0 Å². The Kier molecular flexibility index (Phi) is 2.91. The Morgan fingerprint density at radius 1 is 1.41 bits per heavy atom. The Morgan fingerprint density at radius 3 is 2.88 bits per heavy atom. The Labute approximate surface area is 95.6 Å². The summed E-state index contributed by atoms with van der Waals surface area (Å²) in [5.74, 6) is -1.29. The maximum atomic E-state index is 13.1. The van der Waals surface area contributed by atoms with Crippen molar-refractivity contribution in [2.75, 3.05) is 0 Å². The molecule has 0 fully saturated rings. The van der Waals surface area contributed by atoms with Gasteiger partial charge in [-0.05, 0) is 24.6 Å². The largest absolute Gasteiger partial charge is 0.422 e. The summed E-state index contributed by atoms with van der Waals surface area (Å²) in [6.07, 6.45) is 2.15. The van der Waals surface area contributed by atoms with Crippen molar-refractivity contribution in [3.8, 4) is 0 Å². The van der Waals surface area contributed by atoms with Crippen LogP contribution in [0.1, 0.15) is 6.42 Å². The van der Waals surface area contributed by atoms with Crippen LogP contribution >= 0.6 is 0 Å². The van der Waals surface area contributed by atoms with Crippen LogP contribution in [0.2, 0.25) is 0 Å². The van der Waals surface area contributed by atoms with E-state index < -0.39 is 17.2 Å². The molecule has 0 N–H and O–H groups in total. The molecule has 0 aliphatic rings. The molecular weight excluding hydrogens is 225 g/mol. The van der Waals surface area contributed by atoms with Crippen molar-refractivity contribution in [3.05, 3.63) is 57.6 Å². The molecule has 0 saturated heterocycles. The first-order valence-corrected chi connectivity index (χ1v) is 5.07. The summed E-state index contributed by atoms with van der Waals surface area (Å²) in [5, 5.41) is 0.190. The molecule has 0 atom stereocenters. The van der Waals surface area contributed by atoms with Crippen LogP contribution in [0.25, 0.3) is 10.9 Å². The van der Waals surface area contributed by atoms with Crippen molar-refractivity contribution in [3.63, 3.8) is 0 Å². The highest BCUT2D eigenvalue weighted by Crippen LogP contribution is 2.10. The Balaban J connectivity index is 2.80. The van der Waals surface area contributed by atoms with Gasteiger partial charge >= 0.3 is 11.4 Å². The number of nitrogens with zero attached hydrogens (tertiary/aromatic N) is 1. The average molecular weight is 235 g/mol. The van der Waals surface area contributed by atoms with Crippen LogP contribution in [-0.2, 0) is 6.54 Å². The van der Waals surface area contributed by atoms with E-state index in [0.717, 1.165) is 12.1 Å². The third kappa shape index (κ3) is 2.04. The van der Waals surface area contributed by atoms with Crippen LogP contribution in [0, 0.1) is 5.82 Å². The molecule has 4 nitrogen and oxygen atoms in total. The Morgan fingerprint density at radius 2 is 2.18 bits per heavy atom. The lowest BCUT2D eigenvalue weighted by molar-refractivity contribution is 0.417. The maximum absolute atomic E-state index is 13.1. The van der Waals surface area contributed by atoms with Gasteiger partial charge in [-0.2, -0.15) is 0 Å². The van der Waals surface area contributed by atoms with Crippen molar-refractivity contribution in [1.82, 2.24) is 4.57 Å². The van der Waals surface area contributed by atoms with Crippen LogP contribution < -0.4 is 11.4 Å². The standard InChI is InChI=1S/C12H10FNO3/c1-2-3-6-14-10-7-8(13)4-5-9(10)11(15)17-12(14)16/h2,4-5,7H,1,3,6H2. The minimum Gasteiger partial charge on any atom is -0.372 e. The molecule has 0 spiro atoms. The second-order valence-corrected chi connectivity index (χ2v) is 3.55. The SMILES string of the molecule is C=CCCn1c(=O)oc(=O)c2ccc(F)cc21. The molecule has 17 heavy (non-hydrogen) atoms. The van der Waals surface area contributed by atoms with Gasteiger partial charge in [-0.25, -0.2) is 14.0 Å². The van der Waals surface area contributed by atoms with Crippen molar-refractivity contribution < 1.29 is 8.81 Å². The number of hydrogen-bond acceptors (Lipinski definition) is 3. The molecule has 0 saturated carbocycles. The number of aromatic nitrogens is 1. The molecule has 0 aliphatic heterocycles. The fraction of sp³-hybridized carbons (Fsp3) is 0.167. The Hall–Kier alpha value is -2.17. The molecule has 5 heteroatoms. The number of fused-ring (bicyclic) bond motifs is 1. The van der Waals surface area contributed by atoms with Gasteiger partial charge in [-0.15, -0.1) is 6.58 Å². The Bertz CT molecular complexity index is 684. The molecule has 0 unspecified atom stereocenters. The lowest BCUT2D eigenvalue weighted by atomic mass is 10.2. The zero-order valence-electron chi connectivity index (χ0n) is 8.98. The van der Waals surface area contributed by atoms with Crippen LogP contribution in [0.15, 0.2) is 44.9 Å². The molecule has 2 rings (SSSR count). The minimum absolute atomic E-state index is 0.190. The predicted molar refractivity (Wildman–Crippen MR) is 61.5 cm³/mol. The van der Waals surface area contributed by atoms with E-state index in [9.17, 15) is 14.0 Å². The first-order valence-electron chi connectivity index (χ1n) is 5.07. The van der Waals surface area contributed by atoms with E-state index in [0.29, 0.717) is 13.0 Å². The van der Waals surface area contributed by atoms with Gasteiger partial charge in [0.25, 0.3) is 0 Å². The number of rotatable bonds is 3. The number of benzene rings is 1. The molecular formula is C12H10FNO3. The van der Waals surface area contributed by atoms with E-state index in [1.165, 1.54) is 10.6 Å². The molecule has 0 bridgehead atoms. The number of allylic oxidation sites excluding steroid dienone is 1. The molecule has 0 aliphatic carbocycles. The van der Waals surface area contributed by atoms with Crippen LogP contribution in [0.3, 0.4) is 0 Å². The van der Waals surface area contributed by atoms with E-state index in [1.54, 1.807) is 6.08 Å². The molecule has 1 aromatic heterocycles. The first-order chi connectivity index (χ1) is 8.13. The van der Waals surface area contributed by atoms with Gasteiger partial charge in [0.2, 0.25) is 0 Å². The monoisotopic (exact) mass is 235 g/mol. The summed E-state index contributed by atoms with van der Waals surface area (Å²) < 4.78 is 18.9. The molecule has 0 amide bonds. The van der Waals surface area contributed by atoms with E-state index in [1.807, 2.05) is 0 Å². The average Bonchev–Trinajstić information content (AvgIpc) is 2.28. The fourth-order valence-corrected chi connectivity index (χ4v) is 1.62. The van der Waals surface area contributed by atoms with E-state index in [2.05, 4.69) is 11.0 Å². The van der Waals surface area contributed by atoms with Gasteiger partial charge in [-0.1, -0.05) is 6.08 Å². The van der Waals surface area contributed by atoms with Gasteiger partial charge in [-0.3, -0.25) is 4.57 Å². The smallest absolute Gasteiger partial charge is 0.372 e. The number of hydrogen-bond donors (Lipinski definition) is 0. The van der Waals surface area contributed by atoms with E-state index in [4.69, 9.17) is 0 Å². The van der Waals surface area contributed by atoms with Crippen LogP contribution in [-0.4, -0.2) is 4.57 Å². The lowest BCUT2D eigenvalue weighted by Crippen LogP contribution is -2.25. The second-order valence-electron chi connectivity index (χ2n) is 3.55. The maximum Gasteiger partial charge on any atom is 0.422 e.